The summed E-state index contributed by atoms with van der Waals surface area (Å²) in [4.78, 5) is 8.42. The van der Waals surface area contributed by atoms with E-state index in [1.54, 1.807) is 24.5 Å². The Hall–Kier alpha value is -2.53. The number of halogens is 3. The van der Waals surface area contributed by atoms with Crippen molar-refractivity contribution in [1.82, 2.24) is 14.5 Å². The Labute approximate surface area is 147 Å². The second kappa shape index (κ2) is 6.08. The van der Waals surface area contributed by atoms with Crippen LogP contribution in [-0.2, 0) is 6.42 Å². The van der Waals surface area contributed by atoms with E-state index in [1.807, 2.05) is 25.1 Å². The van der Waals surface area contributed by atoms with Crippen LogP contribution in [0.1, 0.15) is 19.2 Å². The SMILES string of the molecule is CCc1ncc(-c2ccc3c4cnccc4n(C(F)F)c3c2)cc1Cl. The van der Waals surface area contributed by atoms with E-state index < -0.39 is 6.55 Å². The predicted octanol–water partition coefficient (Wildman–Crippen LogP) is 5.86. The van der Waals surface area contributed by atoms with Crippen molar-refractivity contribution in [2.75, 3.05) is 0 Å². The van der Waals surface area contributed by atoms with Crippen molar-refractivity contribution >= 4 is 33.4 Å². The van der Waals surface area contributed by atoms with Gasteiger partial charge in [-0.3, -0.25) is 14.5 Å². The zero-order valence-corrected chi connectivity index (χ0v) is 14.1. The third-order valence-corrected chi connectivity index (χ3v) is 4.71. The summed E-state index contributed by atoms with van der Waals surface area (Å²) in [5.74, 6) is 0. The summed E-state index contributed by atoms with van der Waals surface area (Å²) in [5.41, 5.74) is 3.34. The van der Waals surface area contributed by atoms with E-state index in [-0.39, 0.29) is 0 Å². The van der Waals surface area contributed by atoms with Crippen molar-refractivity contribution in [1.29, 1.82) is 0 Å². The van der Waals surface area contributed by atoms with Crippen LogP contribution >= 0.6 is 11.6 Å². The highest BCUT2D eigenvalue weighted by molar-refractivity contribution is 6.31. The lowest BCUT2D eigenvalue weighted by molar-refractivity contribution is 0.0796. The first-order valence-corrected chi connectivity index (χ1v) is 8.28. The van der Waals surface area contributed by atoms with Crippen LogP contribution in [0.4, 0.5) is 8.78 Å². The highest BCUT2D eigenvalue weighted by atomic mass is 35.5. The maximum Gasteiger partial charge on any atom is 0.319 e. The quantitative estimate of drug-likeness (QED) is 0.459. The second-order valence-electron chi connectivity index (χ2n) is 5.78. The summed E-state index contributed by atoms with van der Waals surface area (Å²) in [5, 5.41) is 2.04. The van der Waals surface area contributed by atoms with Crippen LogP contribution in [0.3, 0.4) is 0 Å². The molecule has 0 radical (unpaired) electrons. The van der Waals surface area contributed by atoms with Gasteiger partial charge in [0.15, 0.2) is 0 Å². The van der Waals surface area contributed by atoms with Crippen molar-refractivity contribution < 1.29 is 8.78 Å². The number of benzene rings is 1. The van der Waals surface area contributed by atoms with E-state index in [9.17, 15) is 8.78 Å². The summed E-state index contributed by atoms with van der Waals surface area (Å²) >= 11 is 6.25. The molecule has 6 heteroatoms. The summed E-state index contributed by atoms with van der Waals surface area (Å²) in [6.07, 6.45) is 5.60. The number of pyridine rings is 2. The number of hydrogen-bond donors (Lipinski definition) is 0. The van der Waals surface area contributed by atoms with Gasteiger partial charge in [0.2, 0.25) is 0 Å². The highest BCUT2D eigenvalue weighted by Gasteiger charge is 2.17. The topological polar surface area (TPSA) is 30.7 Å². The molecule has 0 atom stereocenters. The molecule has 4 aromatic rings. The molecule has 0 unspecified atom stereocenters. The molecule has 0 spiro atoms. The predicted molar refractivity (Wildman–Crippen MR) is 96.1 cm³/mol. The van der Waals surface area contributed by atoms with Crippen molar-refractivity contribution in [3.8, 4) is 11.1 Å². The maximum absolute atomic E-state index is 13.7. The van der Waals surface area contributed by atoms with Gasteiger partial charge in [-0.1, -0.05) is 30.7 Å². The smallest absolute Gasteiger partial charge is 0.284 e. The van der Waals surface area contributed by atoms with Gasteiger partial charge in [-0.15, -0.1) is 0 Å². The van der Waals surface area contributed by atoms with Gasteiger partial charge < -0.3 is 0 Å². The Balaban J connectivity index is 1.97. The average molecular weight is 358 g/mol. The van der Waals surface area contributed by atoms with Crippen LogP contribution in [-0.4, -0.2) is 14.5 Å². The minimum atomic E-state index is -2.64. The lowest BCUT2D eigenvalue weighted by Gasteiger charge is -2.08. The molecule has 0 aliphatic carbocycles. The molecule has 0 fully saturated rings. The van der Waals surface area contributed by atoms with E-state index >= 15 is 0 Å². The minimum absolute atomic E-state index is 0.464. The van der Waals surface area contributed by atoms with Crippen LogP contribution in [0, 0.1) is 0 Å². The molecule has 1 aromatic carbocycles. The fourth-order valence-electron chi connectivity index (χ4n) is 3.17. The molecule has 0 aliphatic heterocycles. The van der Waals surface area contributed by atoms with Gasteiger partial charge in [0.25, 0.3) is 0 Å². The van der Waals surface area contributed by atoms with Gasteiger partial charge >= 0.3 is 6.55 Å². The zero-order valence-electron chi connectivity index (χ0n) is 13.4. The number of fused-ring (bicyclic) bond motifs is 3. The molecule has 0 N–H and O–H groups in total. The monoisotopic (exact) mass is 357 g/mol. The molecular weight excluding hydrogens is 344 g/mol. The van der Waals surface area contributed by atoms with Crippen molar-refractivity contribution in [2.24, 2.45) is 0 Å². The Bertz CT molecular complexity index is 1090. The maximum atomic E-state index is 13.7. The van der Waals surface area contributed by atoms with Gasteiger partial charge in [0, 0.05) is 34.9 Å². The van der Waals surface area contributed by atoms with Gasteiger partial charge in [0.05, 0.1) is 21.7 Å². The van der Waals surface area contributed by atoms with Crippen LogP contribution in [0.25, 0.3) is 32.9 Å². The molecule has 0 bridgehead atoms. The number of hydrogen-bond acceptors (Lipinski definition) is 2. The molecule has 3 aromatic heterocycles. The fourth-order valence-corrected chi connectivity index (χ4v) is 3.47. The first-order chi connectivity index (χ1) is 12.1. The normalized spacial score (nSPS) is 11.7. The van der Waals surface area contributed by atoms with E-state index in [1.165, 1.54) is 6.20 Å². The number of nitrogens with zero attached hydrogens (tertiary/aromatic N) is 3. The largest absolute Gasteiger partial charge is 0.319 e. The van der Waals surface area contributed by atoms with Crippen molar-refractivity contribution in [2.45, 2.75) is 19.9 Å². The molecule has 25 heavy (non-hydrogen) atoms. The Kier molecular flexibility index (Phi) is 3.88. The summed E-state index contributed by atoms with van der Waals surface area (Å²) in [6, 6.07) is 8.92. The first-order valence-electron chi connectivity index (χ1n) is 7.90. The van der Waals surface area contributed by atoms with Crippen LogP contribution in [0.15, 0.2) is 48.9 Å². The molecule has 0 saturated heterocycles. The molecule has 0 amide bonds. The molecule has 0 aliphatic rings. The summed E-state index contributed by atoms with van der Waals surface area (Å²) < 4.78 is 28.4. The highest BCUT2D eigenvalue weighted by Crippen LogP contribution is 2.35. The van der Waals surface area contributed by atoms with Gasteiger partial charge in [-0.25, -0.2) is 0 Å². The first kappa shape index (κ1) is 16.0. The van der Waals surface area contributed by atoms with Gasteiger partial charge in [-0.05, 0) is 30.2 Å². The lowest BCUT2D eigenvalue weighted by Crippen LogP contribution is -1.97. The zero-order chi connectivity index (χ0) is 17.6. The Morgan fingerprint density at radius 1 is 1.04 bits per heavy atom. The van der Waals surface area contributed by atoms with Crippen molar-refractivity contribution in [3.63, 3.8) is 0 Å². The van der Waals surface area contributed by atoms with E-state index in [0.29, 0.717) is 21.4 Å². The number of alkyl halides is 2. The number of aromatic nitrogens is 3. The summed E-state index contributed by atoms with van der Waals surface area (Å²) in [6.45, 7) is -0.656. The Morgan fingerprint density at radius 3 is 2.60 bits per heavy atom. The summed E-state index contributed by atoms with van der Waals surface area (Å²) in [7, 11) is 0. The fraction of sp³-hybridized carbons (Fsp3) is 0.158. The lowest BCUT2D eigenvalue weighted by atomic mass is 10.0. The van der Waals surface area contributed by atoms with E-state index in [2.05, 4.69) is 9.97 Å². The minimum Gasteiger partial charge on any atom is -0.284 e. The third kappa shape index (κ3) is 2.55. The molecule has 0 saturated carbocycles. The molecule has 3 nitrogen and oxygen atoms in total. The van der Waals surface area contributed by atoms with Gasteiger partial charge in [0.1, 0.15) is 0 Å². The standard InChI is InChI=1S/C19H14ClF2N3/c1-2-16-15(20)7-12(9-24-16)11-3-4-13-14-10-23-6-5-17(14)25(19(21)22)18(13)8-11/h3-10,19H,2H2,1H3. The molecule has 126 valence electrons. The Morgan fingerprint density at radius 2 is 1.88 bits per heavy atom. The molecule has 4 rings (SSSR count). The van der Waals surface area contributed by atoms with Crippen molar-refractivity contribution in [3.05, 3.63) is 59.6 Å². The van der Waals surface area contributed by atoms with Crippen LogP contribution < -0.4 is 0 Å². The van der Waals surface area contributed by atoms with Gasteiger partial charge in [-0.2, -0.15) is 8.78 Å². The molecular formula is C19H14ClF2N3. The second-order valence-corrected chi connectivity index (χ2v) is 6.19. The third-order valence-electron chi connectivity index (χ3n) is 4.39. The van der Waals surface area contributed by atoms with Crippen LogP contribution in [0.2, 0.25) is 5.02 Å². The van der Waals surface area contributed by atoms with E-state index in [4.69, 9.17) is 11.6 Å². The number of rotatable bonds is 3. The van der Waals surface area contributed by atoms with Crippen LogP contribution in [0.5, 0.6) is 0 Å². The molecule has 3 heterocycles. The number of aryl methyl sites for hydroxylation is 1. The average Bonchev–Trinajstić information content (AvgIpc) is 2.95. The van der Waals surface area contributed by atoms with E-state index in [0.717, 1.165) is 33.2 Å².